The molecule has 0 aromatic carbocycles. The van der Waals surface area contributed by atoms with E-state index in [4.69, 9.17) is 5.73 Å². The summed E-state index contributed by atoms with van der Waals surface area (Å²) < 4.78 is 0. The number of carbonyl (C=O) groups excluding carboxylic acids is 2. The Labute approximate surface area is 143 Å². The van der Waals surface area contributed by atoms with Crippen molar-refractivity contribution in [2.75, 3.05) is 6.54 Å². The van der Waals surface area contributed by atoms with Gasteiger partial charge in [-0.15, -0.1) is 0 Å². The molecule has 0 spiro atoms. The molecule has 1 aliphatic rings. The van der Waals surface area contributed by atoms with Gasteiger partial charge in [0.05, 0.1) is 12.4 Å². The van der Waals surface area contributed by atoms with Gasteiger partial charge in [0, 0.05) is 30.9 Å². The first-order valence-corrected chi connectivity index (χ1v) is 8.72. The molecule has 2 unspecified atom stereocenters. The SMILES string of the molecule is CC(C)C[C@H](N)C(=O)NC(Cc1cnc[nH]1)C(=O)N1CCCC1C. The number of H-pyrrole nitrogens is 1. The Hall–Kier alpha value is -1.89. The molecule has 0 bridgehead atoms. The standard InChI is InChI=1S/C17H29N5O2/c1-11(2)7-14(18)16(23)21-15(8-13-9-19-10-20-13)17(24)22-6-4-5-12(22)3/h9-12,14-15H,4-8,18H2,1-3H3,(H,19,20)(H,21,23)/t12?,14-,15?/m0/s1. The second-order valence-electron chi connectivity index (χ2n) is 7.10. The summed E-state index contributed by atoms with van der Waals surface area (Å²) >= 11 is 0. The van der Waals surface area contributed by atoms with Gasteiger partial charge >= 0.3 is 0 Å². The minimum Gasteiger partial charge on any atom is -0.348 e. The van der Waals surface area contributed by atoms with Crippen LogP contribution in [0.25, 0.3) is 0 Å². The number of hydrogen-bond acceptors (Lipinski definition) is 4. The smallest absolute Gasteiger partial charge is 0.245 e. The first-order chi connectivity index (χ1) is 11.4. The molecule has 2 heterocycles. The van der Waals surface area contributed by atoms with Crippen molar-refractivity contribution < 1.29 is 9.59 Å². The molecule has 4 N–H and O–H groups in total. The van der Waals surface area contributed by atoms with Crippen LogP contribution < -0.4 is 11.1 Å². The minimum atomic E-state index is -0.614. The highest BCUT2D eigenvalue weighted by molar-refractivity contribution is 5.90. The molecule has 1 saturated heterocycles. The van der Waals surface area contributed by atoms with Crippen molar-refractivity contribution in [3.05, 3.63) is 18.2 Å². The van der Waals surface area contributed by atoms with E-state index in [0.717, 1.165) is 25.1 Å². The fourth-order valence-electron chi connectivity index (χ4n) is 3.17. The Kier molecular flexibility index (Phi) is 6.36. The Morgan fingerprint density at radius 2 is 2.25 bits per heavy atom. The van der Waals surface area contributed by atoms with E-state index >= 15 is 0 Å². The van der Waals surface area contributed by atoms with Crippen LogP contribution in [0.3, 0.4) is 0 Å². The number of carbonyl (C=O) groups is 2. The van der Waals surface area contributed by atoms with Crippen LogP contribution in [0.2, 0.25) is 0 Å². The predicted molar refractivity (Wildman–Crippen MR) is 92.1 cm³/mol. The van der Waals surface area contributed by atoms with Gasteiger partial charge in [0.15, 0.2) is 0 Å². The number of aromatic nitrogens is 2. The van der Waals surface area contributed by atoms with Crippen molar-refractivity contribution in [1.82, 2.24) is 20.2 Å². The molecular formula is C17H29N5O2. The summed E-state index contributed by atoms with van der Waals surface area (Å²) in [4.78, 5) is 34.1. The fourth-order valence-corrected chi connectivity index (χ4v) is 3.17. The molecule has 24 heavy (non-hydrogen) atoms. The van der Waals surface area contributed by atoms with Crippen LogP contribution in [0.5, 0.6) is 0 Å². The first-order valence-electron chi connectivity index (χ1n) is 8.72. The largest absolute Gasteiger partial charge is 0.348 e. The summed E-state index contributed by atoms with van der Waals surface area (Å²) in [6, 6.07) is -1.00. The second kappa shape index (κ2) is 8.28. The molecule has 7 heteroatoms. The molecule has 2 rings (SSSR count). The van der Waals surface area contributed by atoms with Crippen LogP contribution in [0, 0.1) is 5.92 Å². The van der Waals surface area contributed by atoms with Crippen LogP contribution in [-0.4, -0.2) is 51.4 Å². The van der Waals surface area contributed by atoms with E-state index in [-0.39, 0.29) is 17.9 Å². The van der Waals surface area contributed by atoms with Gasteiger partial charge < -0.3 is 20.9 Å². The molecule has 2 amide bonds. The highest BCUT2D eigenvalue weighted by atomic mass is 16.2. The maximum absolute atomic E-state index is 12.9. The first kappa shape index (κ1) is 18.4. The number of imidazole rings is 1. The van der Waals surface area contributed by atoms with E-state index < -0.39 is 12.1 Å². The molecule has 7 nitrogen and oxygen atoms in total. The van der Waals surface area contributed by atoms with Gasteiger partial charge in [-0.05, 0) is 32.1 Å². The van der Waals surface area contributed by atoms with Crippen LogP contribution in [0.15, 0.2) is 12.5 Å². The number of amides is 2. The predicted octanol–water partition coefficient (Wildman–Crippen LogP) is 0.821. The zero-order chi connectivity index (χ0) is 17.7. The van der Waals surface area contributed by atoms with Crippen molar-refractivity contribution >= 4 is 11.8 Å². The normalized spacial score (nSPS) is 20.2. The van der Waals surface area contributed by atoms with Crippen LogP contribution in [-0.2, 0) is 16.0 Å². The third-order valence-corrected chi connectivity index (χ3v) is 4.49. The van der Waals surface area contributed by atoms with E-state index in [1.807, 2.05) is 25.7 Å². The summed E-state index contributed by atoms with van der Waals surface area (Å²) in [6.07, 6.45) is 6.24. The lowest BCUT2D eigenvalue weighted by atomic mass is 10.0. The molecule has 1 fully saturated rings. The Morgan fingerprint density at radius 3 is 2.79 bits per heavy atom. The quantitative estimate of drug-likeness (QED) is 0.686. The fraction of sp³-hybridized carbons (Fsp3) is 0.706. The Morgan fingerprint density at radius 1 is 1.50 bits per heavy atom. The molecular weight excluding hydrogens is 306 g/mol. The third kappa shape index (κ3) is 4.80. The molecule has 1 aliphatic heterocycles. The summed E-state index contributed by atoms with van der Waals surface area (Å²) in [7, 11) is 0. The summed E-state index contributed by atoms with van der Waals surface area (Å²) in [6.45, 7) is 6.83. The number of likely N-dealkylation sites (tertiary alicyclic amines) is 1. The number of aromatic amines is 1. The molecule has 0 aliphatic carbocycles. The van der Waals surface area contributed by atoms with Gasteiger partial charge in [-0.2, -0.15) is 0 Å². The van der Waals surface area contributed by atoms with Crippen LogP contribution >= 0.6 is 0 Å². The van der Waals surface area contributed by atoms with Gasteiger partial charge in [0.2, 0.25) is 11.8 Å². The zero-order valence-corrected chi connectivity index (χ0v) is 14.8. The average molecular weight is 335 g/mol. The van der Waals surface area contributed by atoms with E-state index in [1.54, 1.807) is 12.5 Å². The Balaban J connectivity index is 2.07. The maximum Gasteiger partial charge on any atom is 0.245 e. The van der Waals surface area contributed by atoms with Crippen LogP contribution in [0.4, 0.5) is 0 Å². The van der Waals surface area contributed by atoms with Crippen LogP contribution in [0.1, 0.15) is 45.7 Å². The summed E-state index contributed by atoms with van der Waals surface area (Å²) in [5.74, 6) is 0.0132. The highest BCUT2D eigenvalue weighted by Crippen LogP contribution is 2.18. The number of hydrogen-bond donors (Lipinski definition) is 3. The monoisotopic (exact) mass is 335 g/mol. The maximum atomic E-state index is 12.9. The number of rotatable bonds is 7. The third-order valence-electron chi connectivity index (χ3n) is 4.49. The van der Waals surface area contributed by atoms with Crippen molar-refractivity contribution in [3.63, 3.8) is 0 Å². The second-order valence-corrected chi connectivity index (χ2v) is 7.10. The topological polar surface area (TPSA) is 104 Å². The van der Waals surface area contributed by atoms with Gasteiger partial charge in [-0.25, -0.2) is 4.98 Å². The van der Waals surface area contributed by atoms with E-state index in [2.05, 4.69) is 15.3 Å². The minimum absolute atomic E-state index is 0.0419. The lowest BCUT2D eigenvalue weighted by Crippen LogP contribution is -2.54. The Bertz CT molecular complexity index is 543. The van der Waals surface area contributed by atoms with Crippen molar-refractivity contribution in [2.45, 2.75) is 64.6 Å². The molecule has 3 atom stereocenters. The van der Waals surface area contributed by atoms with Crippen molar-refractivity contribution in [1.29, 1.82) is 0 Å². The molecule has 1 aromatic rings. The zero-order valence-electron chi connectivity index (χ0n) is 14.8. The van der Waals surface area contributed by atoms with Gasteiger partial charge in [-0.3, -0.25) is 9.59 Å². The van der Waals surface area contributed by atoms with E-state index in [0.29, 0.717) is 18.8 Å². The van der Waals surface area contributed by atoms with Crippen molar-refractivity contribution in [2.24, 2.45) is 11.7 Å². The number of nitrogens with zero attached hydrogens (tertiary/aromatic N) is 2. The highest BCUT2D eigenvalue weighted by Gasteiger charge is 2.32. The van der Waals surface area contributed by atoms with Crippen molar-refractivity contribution in [3.8, 4) is 0 Å². The number of nitrogens with one attached hydrogen (secondary N) is 2. The molecule has 0 radical (unpaired) electrons. The van der Waals surface area contributed by atoms with Gasteiger partial charge in [-0.1, -0.05) is 13.8 Å². The lowest BCUT2D eigenvalue weighted by Gasteiger charge is -2.28. The average Bonchev–Trinajstić information content (AvgIpc) is 3.16. The summed E-state index contributed by atoms with van der Waals surface area (Å²) in [5, 5.41) is 2.85. The summed E-state index contributed by atoms with van der Waals surface area (Å²) in [5.41, 5.74) is 6.78. The van der Waals surface area contributed by atoms with E-state index in [1.165, 1.54) is 0 Å². The van der Waals surface area contributed by atoms with E-state index in [9.17, 15) is 9.59 Å². The molecule has 134 valence electrons. The molecule has 0 saturated carbocycles. The lowest BCUT2D eigenvalue weighted by molar-refractivity contribution is -0.137. The number of nitrogens with two attached hydrogens (primary N) is 1. The molecule has 1 aromatic heterocycles. The van der Waals surface area contributed by atoms with Gasteiger partial charge in [0.25, 0.3) is 0 Å². The van der Waals surface area contributed by atoms with Gasteiger partial charge in [0.1, 0.15) is 6.04 Å².